The number of aryl methyl sites for hydroxylation is 1. The van der Waals surface area contributed by atoms with E-state index in [0.29, 0.717) is 11.4 Å². The molecule has 1 aromatic rings. The molecule has 2 N–H and O–H groups in total. The molecule has 0 radical (unpaired) electrons. The van der Waals surface area contributed by atoms with Crippen molar-refractivity contribution in [2.24, 2.45) is 0 Å². The number of carbonyl (C=O) groups is 2. The van der Waals surface area contributed by atoms with E-state index in [1.54, 1.807) is 11.3 Å². The third kappa shape index (κ3) is 3.39. The first-order valence-corrected chi connectivity index (χ1v) is 8.15. The van der Waals surface area contributed by atoms with Crippen LogP contribution in [0, 0.1) is 0 Å². The van der Waals surface area contributed by atoms with E-state index in [4.69, 9.17) is 0 Å². The van der Waals surface area contributed by atoms with Gasteiger partial charge < -0.3 is 10.6 Å². The van der Waals surface area contributed by atoms with Crippen LogP contribution in [0.3, 0.4) is 0 Å². The van der Waals surface area contributed by atoms with E-state index in [9.17, 15) is 9.59 Å². The van der Waals surface area contributed by atoms with Crippen LogP contribution in [-0.4, -0.2) is 18.4 Å². The maximum absolute atomic E-state index is 12.3. The lowest BCUT2D eigenvalue weighted by atomic mass is 9.97. The molecule has 0 saturated carbocycles. The van der Waals surface area contributed by atoms with Crippen molar-refractivity contribution in [1.82, 2.24) is 5.32 Å². The molecule has 1 aliphatic rings. The predicted molar refractivity (Wildman–Crippen MR) is 82.5 cm³/mol. The van der Waals surface area contributed by atoms with E-state index in [1.165, 1.54) is 23.8 Å². The summed E-state index contributed by atoms with van der Waals surface area (Å²) in [4.78, 5) is 25.6. The molecule has 2 rings (SSSR count). The van der Waals surface area contributed by atoms with E-state index >= 15 is 0 Å². The van der Waals surface area contributed by atoms with Gasteiger partial charge in [-0.25, -0.2) is 0 Å². The molecule has 2 amide bonds. The van der Waals surface area contributed by atoms with E-state index in [1.807, 2.05) is 0 Å². The molecular weight excluding hydrogens is 272 g/mol. The van der Waals surface area contributed by atoms with Gasteiger partial charge in [-0.15, -0.1) is 11.3 Å². The summed E-state index contributed by atoms with van der Waals surface area (Å²) in [5.74, 6) is -0.166. The van der Waals surface area contributed by atoms with Crippen molar-refractivity contribution in [2.75, 3.05) is 11.9 Å². The van der Waals surface area contributed by atoms with Crippen molar-refractivity contribution in [1.29, 1.82) is 0 Å². The normalized spacial score (nSPS) is 13.7. The van der Waals surface area contributed by atoms with Gasteiger partial charge in [-0.3, -0.25) is 9.59 Å². The monoisotopic (exact) mass is 294 g/mol. The molecule has 110 valence electrons. The highest BCUT2D eigenvalue weighted by Crippen LogP contribution is 2.38. The number of thiophene rings is 1. The summed E-state index contributed by atoms with van der Waals surface area (Å²) in [6, 6.07) is 0. The summed E-state index contributed by atoms with van der Waals surface area (Å²) in [5, 5.41) is 5.81. The Hall–Kier alpha value is -1.36. The molecule has 0 bridgehead atoms. The molecule has 0 fully saturated rings. The molecule has 1 aromatic heterocycles. The predicted octanol–water partition coefficient (Wildman–Crippen LogP) is 3.12. The van der Waals surface area contributed by atoms with Gasteiger partial charge in [0, 0.05) is 18.3 Å². The molecule has 0 spiro atoms. The van der Waals surface area contributed by atoms with Gasteiger partial charge in [0.15, 0.2) is 0 Å². The van der Waals surface area contributed by atoms with Gasteiger partial charge in [0.05, 0.1) is 5.69 Å². The number of hydrogen-bond acceptors (Lipinski definition) is 3. The maximum atomic E-state index is 12.3. The van der Waals surface area contributed by atoms with Crippen LogP contribution < -0.4 is 10.6 Å². The molecule has 0 unspecified atom stereocenters. The number of amides is 2. The fourth-order valence-corrected chi connectivity index (χ4v) is 3.75. The summed E-state index contributed by atoms with van der Waals surface area (Å²) >= 11 is 1.54. The van der Waals surface area contributed by atoms with Crippen molar-refractivity contribution < 1.29 is 9.59 Å². The molecule has 1 aliphatic carbocycles. The number of hydrogen-bond donors (Lipinski definition) is 2. The standard InChI is InChI=1S/C15H22N2O2S/c1-3-4-9-16-15(19)14-13(17-10(2)18)11-7-5-6-8-12(11)20-14/h3-9H2,1-2H3,(H,16,19)(H,17,18). The van der Waals surface area contributed by atoms with Crippen molar-refractivity contribution >= 4 is 28.8 Å². The zero-order valence-corrected chi connectivity index (χ0v) is 13.0. The van der Waals surface area contributed by atoms with E-state index in [2.05, 4.69) is 17.6 Å². The average Bonchev–Trinajstić information content (AvgIpc) is 2.77. The minimum absolute atomic E-state index is 0.0541. The smallest absolute Gasteiger partial charge is 0.263 e. The van der Waals surface area contributed by atoms with Gasteiger partial charge in [0.2, 0.25) is 5.91 Å². The van der Waals surface area contributed by atoms with E-state index in [0.717, 1.165) is 37.8 Å². The lowest BCUT2D eigenvalue weighted by Crippen LogP contribution is -2.24. The molecule has 5 heteroatoms. The Bertz CT molecular complexity index is 508. The minimum Gasteiger partial charge on any atom is -0.351 e. The second-order valence-corrected chi connectivity index (χ2v) is 6.31. The summed E-state index contributed by atoms with van der Waals surface area (Å²) in [6.07, 6.45) is 6.32. The third-order valence-corrected chi connectivity index (χ3v) is 4.79. The second-order valence-electron chi connectivity index (χ2n) is 5.21. The number of anilines is 1. The van der Waals surface area contributed by atoms with Gasteiger partial charge in [-0.05, 0) is 37.7 Å². The van der Waals surface area contributed by atoms with Crippen LogP contribution in [0.5, 0.6) is 0 Å². The minimum atomic E-state index is -0.112. The summed E-state index contributed by atoms with van der Waals surface area (Å²) in [6.45, 7) is 4.28. The SMILES string of the molecule is CCCCNC(=O)c1sc2c(c1NC(C)=O)CCCC2. The molecule has 0 atom stereocenters. The molecule has 20 heavy (non-hydrogen) atoms. The summed E-state index contributed by atoms with van der Waals surface area (Å²) < 4.78 is 0. The van der Waals surface area contributed by atoms with Gasteiger partial charge in [-0.2, -0.15) is 0 Å². The Balaban J connectivity index is 2.24. The zero-order chi connectivity index (χ0) is 14.5. The highest BCUT2D eigenvalue weighted by molar-refractivity contribution is 7.15. The Labute approximate surface area is 124 Å². The van der Waals surface area contributed by atoms with E-state index < -0.39 is 0 Å². The highest BCUT2D eigenvalue weighted by Gasteiger charge is 2.24. The van der Waals surface area contributed by atoms with Crippen LogP contribution in [0.1, 0.15) is 59.6 Å². The average molecular weight is 294 g/mol. The van der Waals surface area contributed by atoms with Crippen LogP contribution in [0.25, 0.3) is 0 Å². The number of rotatable bonds is 5. The van der Waals surface area contributed by atoms with Gasteiger partial charge >= 0.3 is 0 Å². The van der Waals surface area contributed by atoms with Gasteiger partial charge in [-0.1, -0.05) is 13.3 Å². The Morgan fingerprint density at radius 2 is 2.00 bits per heavy atom. The zero-order valence-electron chi connectivity index (χ0n) is 12.2. The van der Waals surface area contributed by atoms with Crippen LogP contribution in [0.2, 0.25) is 0 Å². The number of fused-ring (bicyclic) bond motifs is 1. The topological polar surface area (TPSA) is 58.2 Å². The quantitative estimate of drug-likeness (QED) is 0.820. The van der Waals surface area contributed by atoms with Crippen molar-refractivity contribution in [3.05, 3.63) is 15.3 Å². The first-order valence-electron chi connectivity index (χ1n) is 7.33. The second kappa shape index (κ2) is 6.88. The molecular formula is C15H22N2O2S. The number of nitrogens with one attached hydrogen (secondary N) is 2. The van der Waals surface area contributed by atoms with Gasteiger partial charge in [0.1, 0.15) is 4.88 Å². The van der Waals surface area contributed by atoms with Gasteiger partial charge in [0.25, 0.3) is 5.91 Å². The number of unbranched alkanes of at least 4 members (excludes halogenated alkanes) is 1. The summed E-state index contributed by atoms with van der Waals surface area (Å²) in [7, 11) is 0. The van der Waals surface area contributed by atoms with Crippen LogP contribution in [-0.2, 0) is 17.6 Å². The molecule has 0 aliphatic heterocycles. The van der Waals surface area contributed by atoms with Crippen molar-refractivity contribution in [3.63, 3.8) is 0 Å². The lowest BCUT2D eigenvalue weighted by Gasteiger charge is -2.13. The Kier molecular flexibility index (Phi) is 5.17. The molecule has 0 aromatic carbocycles. The number of carbonyl (C=O) groups excluding carboxylic acids is 2. The van der Waals surface area contributed by atoms with Crippen molar-refractivity contribution in [2.45, 2.75) is 52.4 Å². The maximum Gasteiger partial charge on any atom is 0.263 e. The van der Waals surface area contributed by atoms with E-state index in [-0.39, 0.29) is 11.8 Å². The van der Waals surface area contributed by atoms with Crippen LogP contribution in [0.15, 0.2) is 0 Å². The first-order chi connectivity index (χ1) is 9.63. The third-order valence-electron chi connectivity index (χ3n) is 3.49. The largest absolute Gasteiger partial charge is 0.351 e. The molecule has 0 saturated heterocycles. The fourth-order valence-electron chi connectivity index (χ4n) is 2.49. The first kappa shape index (κ1) is 15.0. The summed E-state index contributed by atoms with van der Waals surface area (Å²) in [5.41, 5.74) is 1.93. The molecule has 1 heterocycles. The Morgan fingerprint density at radius 1 is 1.25 bits per heavy atom. The Morgan fingerprint density at radius 3 is 2.70 bits per heavy atom. The van der Waals surface area contributed by atoms with Crippen molar-refractivity contribution in [3.8, 4) is 0 Å². The fraction of sp³-hybridized carbons (Fsp3) is 0.600. The molecule has 4 nitrogen and oxygen atoms in total. The van der Waals surface area contributed by atoms with Crippen LogP contribution >= 0.6 is 11.3 Å². The lowest BCUT2D eigenvalue weighted by molar-refractivity contribution is -0.114. The van der Waals surface area contributed by atoms with Crippen LogP contribution in [0.4, 0.5) is 5.69 Å². The highest BCUT2D eigenvalue weighted by atomic mass is 32.1.